The number of ether oxygens (including phenoxy) is 1. The Balaban J connectivity index is 1.99. The first-order chi connectivity index (χ1) is 9.33. The van der Waals surface area contributed by atoms with Crippen molar-refractivity contribution in [3.63, 3.8) is 0 Å². The van der Waals surface area contributed by atoms with E-state index in [1.807, 2.05) is 49.4 Å². The average molecular weight is 256 g/mol. The predicted octanol–water partition coefficient (Wildman–Crippen LogP) is 3.25. The first-order valence-electron chi connectivity index (χ1n) is 6.17. The molecule has 4 heteroatoms. The molecule has 0 fully saturated rings. The number of pyridine rings is 1. The fourth-order valence-electron chi connectivity index (χ4n) is 1.72. The molecule has 19 heavy (non-hydrogen) atoms. The normalized spacial score (nSPS) is 11.3. The van der Waals surface area contributed by atoms with Gasteiger partial charge in [0.1, 0.15) is 12.4 Å². The fourth-order valence-corrected chi connectivity index (χ4v) is 1.72. The molecule has 0 spiro atoms. The molecule has 0 aliphatic carbocycles. The Bertz CT molecular complexity index is 536. The Labute approximate surface area is 112 Å². The molecule has 1 aromatic heterocycles. The first kappa shape index (κ1) is 13.1. The highest BCUT2D eigenvalue weighted by atomic mass is 16.5. The van der Waals surface area contributed by atoms with Crippen LogP contribution in [0, 0.1) is 0 Å². The van der Waals surface area contributed by atoms with Crippen LogP contribution < -0.4 is 4.74 Å². The lowest BCUT2D eigenvalue weighted by Gasteiger charge is -2.07. The van der Waals surface area contributed by atoms with Gasteiger partial charge in [0.05, 0.1) is 11.4 Å². The maximum atomic E-state index is 8.85. The molecule has 0 unspecified atom stereocenters. The molecule has 2 aromatic rings. The third-order valence-corrected chi connectivity index (χ3v) is 2.76. The first-order valence-corrected chi connectivity index (χ1v) is 6.17. The number of hydrogen-bond acceptors (Lipinski definition) is 4. The van der Waals surface area contributed by atoms with Crippen LogP contribution in [0.5, 0.6) is 5.75 Å². The number of aromatic nitrogens is 1. The van der Waals surface area contributed by atoms with Crippen LogP contribution in [0.2, 0.25) is 0 Å². The molecule has 0 bridgehead atoms. The third kappa shape index (κ3) is 3.55. The summed E-state index contributed by atoms with van der Waals surface area (Å²) in [5, 5.41) is 12.1. The molecule has 0 aliphatic heterocycles. The van der Waals surface area contributed by atoms with Crippen LogP contribution in [0.3, 0.4) is 0 Å². The summed E-state index contributed by atoms with van der Waals surface area (Å²) in [6.45, 7) is 2.38. The van der Waals surface area contributed by atoms with Crippen LogP contribution in [0.15, 0.2) is 53.8 Å². The quantitative estimate of drug-likeness (QED) is 0.507. The molecule has 0 amide bonds. The number of rotatable bonds is 5. The predicted molar refractivity (Wildman–Crippen MR) is 73.6 cm³/mol. The van der Waals surface area contributed by atoms with Gasteiger partial charge in [0.25, 0.3) is 0 Å². The molecule has 4 nitrogen and oxygen atoms in total. The van der Waals surface area contributed by atoms with Crippen molar-refractivity contribution >= 4 is 5.71 Å². The zero-order valence-electron chi connectivity index (χ0n) is 10.8. The lowest BCUT2D eigenvalue weighted by Crippen LogP contribution is -2.00. The van der Waals surface area contributed by atoms with E-state index in [0.717, 1.165) is 17.0 Å². The number of benzene rings is 1. The summed E-state index contributed by atoms with van der Waals surface area (Å²) < 4.78 is 5.63. The van der Waals surface area contributed by atoms with Crippen molar-refractivity contribution in [1.29, 1.82) is 0 Å². The summed E-state index contributed by atoms with van der Waals surface area (Å²) in [5.74, 6) is 0.766. The molecule has 2 rings (SSSR count). The maximum Gasteiger partial charge on any atom is 0.130 e. The Morgan fingerprint density at radius 2 is 2.00 bits per heavy atom. The summed E-state index contributed by atoms with van der Waals surface area (Å²) >= 11 is 0. The molecule has 0 saturated carbocycles. The van der Waals surface area contributed by atoms with Gasteiger partial charge in [-0.25, -0.2) is 0 Å². The highest BCUT2D eigenvalue weighted by Crippen LogP contribution is 2.15. The molecule has 1 N–H and O–H groups in total. The van der Waals surface area contributed by atoms with Crippen molar-refractivity contribution in [2.45, 2.75) is 20.0 Å². The van der Waals surface area contributed by atoms with E-state index in [4.69, 9.17) is 9.94 Å². The Morgan fingerprint density at radius 3 is 2.58 bits per heavy atom. The minimum Gasteiger partial charge on any atom is -0.487 e. The lowest BCUT2D eigenvalue weighted by molar-refractivity contribution is 0.301. The monoisotopic (exact) mass is 256 g/mol. The molecular weight excluding hydrogens is 240 g/mol. The molecule has 0 radical (unpaired) electrons. The lowest BCUT2D eigenvalue weighted by atomic mass is 10.1. The molecular formula is C15H16N2O2. The van der Waals surface area contributed by atoms with Crippen LogP contribution in [-0.4, -0.2) is 15.9 Å². The van der Waals surface area contributed by atoms with E-state index in [9.17, 15) is 0 Å². The van der Waals surface area contributed by atoms with Gasteiger partial charge in [-0.15, -0.1) is 0 Å². The molecule has 0 saturated heterocycles. The molecule has 0 aliphatic rings. The topological polar surface area (TPSA) is 54.7 Å². The Morgan fingerprint density at radius 1 is 1.21 bits per heavy atom. The van der Waals surface area contributed by atoms with Crippen molar-refractivity contribution in [3.8, 4) is 5.75 Å². The van der Waals surface area contributed by atoms with E-state index in [2.05, 4.69) is 10.1 Å². The van der Waals surface area contributed by atoms with E-state index in [0.29, 0.717) is 18.7 Å². The molecule has 1 aromatic carbocycles. The van der Waals surface area contributed by atoms with Crippen molar-refractivity contribution < 1.29 is 9.94 Å². The van der Waals surface area contributed by atoms with Gasteiger partial charge in [-0.1, -0.05) is 18.1 Å². The average Bonchev–Trinajstić information content (AvgIpc) is 2.49. The smallest absolute Gasteiger partial charge is 0.130 e. The van der Waals surface area contributed by atoms with Crippen molar-refractivity contribution in [2.24, 2.45) is 5.16 Å². The zero-order chi connectivity index (χ0) is 13.5. The summed E-state index contributed by atoms with van der Waals surface area (Å²) in [6, 6.07) is 13.2. The molecule has 1 heterocycles. The SMILES string of the molecule is CC/C(=N\O)c1ccc(OCc2ccccn2)cc1. The van der Waals surface area contributed by atoms with Crippen LogP contribution >= 0.6 is 0 Å². The van der Waals surface area contributed by atoms with Crippen LogP contribution in [0.4, 0.5) is 0 Å². The Hall–Kier alpha value is -2.36. The van der Waals surface area contributed by atoms with Crippen LogP contribution in [0.25, 0.3) is 0 Å². The third-order valence-electron chi connectivity index (χ3n) is 2.76. The molecule has 0 atom stereocenters. The zero-order valence-corrected chi connectivity index (χ0v) is 10.8. The van der Waals surface area contributed by atoms with Gasteiger partial charge in [0.2, 0.25) is 0 Å². The van der Waals surface area contributed by atoms with E-state index in [1.54, 1.807) is 6.20 Å². The van der Waals surface area contributed by atoms with Gasteiger partial charge in [0, 0.05) is 6.20 Å². The van der Waals surface area contributed by atoms with Gasteiger partial charge in [-0.2, -0.15) is 0 Å². The second-order valence-corrected chi connectivity index (χ2v) is 4.03. The molecule has 98 valence electrons. The van der Waals surface area contributed by atoms with Crippen LogP contribution in [-0.2, 0) is 6.61 Å². The van der Waals surface area contributed by atoms with Crippen molar-refractivity contribution in [2.75, 3.05) is 0 Å². The van der Waals surface area contributed by atoms with Gasteiger partial charge in [-0.3, -0.25) is 4.98 Å². The summed E-state index contributed by atoms with van der Waals surface area (Å²) in [6.07, 6.45) is 2.43. The largest absolute Gasteiger partial charge is 0.487 e. The second-order valence-electron chi connectivity index (χ2n) is 4.03. The van der Waals surface area contributed by atoms with Gasteiger partial charge in [0.15, 0.2) is 0 Å². The summed E-state index contributed by atoms with van der Waals surface area (Å²) in [7, 11) is 0. The van der Waals surface area contributed by atoms with Crippen LogP contribution in [0.1, 0.15) is 24.6 Å². The van der Waals surface area contributed by atoms with Gasteiger partial charge >= 0.3 is 0 Å². The number of oxime groups is 1. The summed E-state index contributed by atoms with van der Waals surface area (Å²) in [4.78, 5) is 4.19. The minimum absolute atomic E-state index is 0.439. The van der Waals surface area contributed by atoms with E-state index >= 15 is 0 Å². The highest BCUT2D eigenvalue weighted by Gasteiger charge is 2.02. The van der Waals surface area contributed by atoms with Gasteiger partial charge < -0.3 is 9.94 Å². The second kappa shape index (κ2) is 6.54. The van der Waals surface area contributed by atoms with E-state index in [1.165, 1.54) is 0 Å². The number of hydrogen-bond donors (Lipinski definition) is 1. The standard InChI is InChI=1S/C15H16N2O2/c1-2-15(17-18)12-6-8-14(9-7-12)19-11-13-5-3-4-10-16-13/h3-10,18H,2,11H2,1H3/b17-15+. The Kier molecular flexibility index (Phi) is 4.50. The number of nitrogens with zero attached hydrogens (tertiary/aromatic N) is 2. The summed E-state index contributed by atoms with van der Waals surface area (Å²) in [5.41, 5.74) is 2.45. The maximum absolute atomic E-state index is 8.85. The van der Waals surface area contributed by atoms with E-state index < -0.39 is 0 Å². The van der Waals surface area contributed by atoms with Gasteiger partial charge in [-0.05, 0) is 48.4 Å². The minimum atomic E-state index is 0.439. The van der Waals surface area contributed by atoms with Crippen molar-refractivity contribution in [1.82, 2.24) is 4.98 Å². The van der Waals surface area contributed by atoms with Crippen molar-refractivity contribution in [3.05, 3.63) is 59.9 Å². The van der Waals surface area contributed by atoms with E-state index in [-0.39, 0.29) is 0 Å². The highest BCUT2D eigenvalue weighted by molar-refractivity contribution is 6.00. The fraction of sp³-hybridized carbons (Fsp3) is 0.200.